The standard InChI is InChI=1S/C11H17NO2S/c1-9-4-5-10(15-9)6-7-12(2)8-11(13)14-3/h4-5H,6-8H2,1-3H3. The van der Waals surface area contributed by atoms with Gasteiger partial charge in [-0.1, -0.05) is 0 Å². The highest BCUT2D eigenvalue weighted by atomic mass is 32.1. The van der Waals surface area contributed by atoms with E-state index in [0.717, 1.165) is 13.0 Å². The highest BCUT2D eigenvalue weighted by molar-refractivity contribution is 7.11. The maximum absolute atomic E-state index is 11.0. The number of esters is 1. The Morgan fingerprint density at radius 2 is 2.27 bits per heavy atom. The van der Waals surface area contributed by atoms with Crippen LogP contribution < -0.4 is 0 Å². The molecule has 0 N–H and O–H groups in total. The molecule has 1 aromatic rings. The molecular weight excluding hydrogens is 210 g/mol. The Bertz CT molecular complexity index is 322. The molecule has 1 rings (SSSR count). The molecule has 0 aromatic carbocycles. The topological polar surface area (TPSA) is 29.5 Å². The molecule has 0 fully saturated rings. The molecule has 0 aliphatic carbocycles. The molecule has 0 saturated carbocycles. The van der Waals surface area contributed by atoms with E-state index >= 15 is 0 Å². The Labute approximate surface area is 94.7 Å². The largest absolute Gasteiger partial charge is 0.468 e. The van der Waals surface area contributed by atoms with Crippen molar-refractivity contribution in [3.8, 4) is 0 Å². The van der Waals surface area contributed by atoms with Crippen molar-refractivity contribution in [3.63, 3.8) is 0 Å². The monoisotopic (exact) mass is 227 g/mol. The third kappa shape index (κ3) is 4.44. The summed E-state index contributed by atoms with van der Waals surface area (Å²) in [5, 5.41) is 0. The van der Waals surface area contributed by atoms with E-state index in [-0.39, 0.29) is 5.97 Å². The Morgan fingerprint density at radius 3 is 2.80 bits per heavy atom. The summed E-state index contributed by atoms with van der Waals surface area (Å²) in [4.78, 5) is 15.6. The smallest absolute Gasteiger partial charge is 0.319 e. The first-order valence-electron chi connectivity index (χ1n) is 4.92. The molecule has 0 amide bonds. The maximum atomic E-state index is 11.0. The van der Waals surface area contributed by atoms with E-state index in [1.165, 1.54) is 16.9 Å². The van der Waals surface area contributed by atoms with Crippen LogP contribution in [0, 0.1) is 6.92 Å². The van der Waals surface area contributed by atoms with Gasteiger partial charge in [0.2, 0.25) is 0 Å². The van der Waals surface area contributed by atoms with Crippen LogP contribution in [0.5, 0.6) is 0 Å². The van der Waals surface area contributed by atoms with Crippen LogP contribution in [0.4, 0.5) is 0 Å². The van der Waals surface area contributed by atoms with Gasteiger partial charge < -0.3 is 4.74 Å². The van der Waals surface area contributed by atoms with Gasteiger partial charge in [0.1, 0.15) is 0 Å². The SMILES string of the molecule is COC(=O)CN(C)CCc1ccc(C)s1. The summed E-state index contributed by atoms with van der Waals surface area (Å²) in [6.45, 7) is 3.35. The second kappa shape index (κ2) is 5.88. The third-order valence-electron chi connectivity index (χ3n) is 2.16. The van der Waals surface area contributed by atoms with E-state index in [2.05, 4.69) is 23.8 Å². The van der Waals surface area contributed by atoms with Crippen LogP contribution in [0.15, 0.2) is 12.1 Å². The van der Waals surface area contributed by atoms with Gasteiger partial charge in [-0.25, -0.2) is 0 Å². The lowest BCUT2D eigenvalue weighted by Crippen LogP contribution is -2.28. The summed E-state index contributed by atoms with van der Waals surface area (Å²) in [6.07, 6.45) is 0.992. The van der Waals surface area contributed by atoms with E-state index < -0.39 is 0 Å². The normalized spacial score (nSPS) is 10.7. The zero-order chi connectivity index (χ0) is 11.3. The second-order valence-corrected chi connectivity index (χ2v) is 4.95. The van der Waals surface area contributed by atoms with E-state index in [9.17, 15) is 4.79 Å². The Hall–Kier alpha value is -0.870. The van der Waals surface area contributed by atoms with Crippen molar-refractivity contribution < 1.29 is 9.53 Å². The molecule has 0 atom stereocenters. The van der Waals surface area contributed by atoms with Crippen molar-refractivity contribution in [2.45, 2.75) is 13.3 Å². The average Bonchev–Trinajstić information content (AvgIpc) is 2.61. The molecule has 0 bridgehead atoms. The van der Waals surface area contributed by atoms with Gasteiger partial charge in [-0.15, -0.1) is 11.3 Å². The highest BCUT2D eigenvalue weighted by Gasteiger charge is 2.06. The molecule has 1 aromatic heterocycles. The summed E-state index contributed by atoms with van der Waals surface area (Å²) >= 11 is 1.81. The van der Waals surface area contributed by atoms with Crippen molar-refractivity contribution in [2.75, 3.05) is 27.2 Å². The highest BCUT2D eigenvalue weighted by Crippen LogP contribution is 2.15. The van der Waals surface area contributed by atoms with Crippen LogP contribution in [0.3, 0.4) is 0 Å². The molecule has 0 saturated heterocycles. The molecule has 0 radical (unpaired) electrons. The number of carbonyl (C=O) groups excluding carboxylic acids is 1. The molecule has 0 unspecified atom stereocenters. The Kier molecular flexibility index (Phi) is 4.78. The van der Waals surface area contributed by atoms with Crippen LogP contribution in [0.2, 0.25) is 0 Å². The fourth-order valence-electron chi connectivity index (χ4n) is 1.28. The van der Waals surface area contributed by atoms with Crippen LogP contribution >= 0.6 is 11.3 Å². The number of thiophene rings is 1. The first kappa shape index (κ1) is 12.2. The van der Waals surface area contributed by atoms with Crippen molar-refractivity contribution in [3.05, 3.63) is 21.9 Å². The fraction of sp³-hybridized carbons (Fsp3) is 0.545. The molecule has 4 heteroatoms. The second-order valence-electron chi connectivity index (χ2n) is 3.58. The lowest BCUT2D eigenvalue weighted by molar-refractivity contribution is -0.141. The summed E-state index contributed by atoms with van der Waals surface area (Å²) in [5.41, 5.74) is 0. The predicted octanol–water partition coefficient (Wildman–Crippen LogP) is 1.70. The lowest BCUT2D eigenvalue weighted by atomic mass is 10.3. The fourth-order valence-corrected chi connectivity index (χ4v) is 2.16. The van der Waals surface area contributed by atoms with Gasteiger partial charge in [-0.05, 0) is 32.5 Å². The number of likely N-dealkylation sites (N-methyl/N-ethyl adjacent to an activating group) is 1. The number of aryl methyl sites for hydroxylation is 1. The lowest BCUT2D eigenvalue weighted by Gasteiger charge is -2.13. The summed E-state index contributed by atoms with van der Waals surface area (Å²) < 4.78 is 4.60. The molecule has 0 aliphatic heterocycles. The first-order valence-corrected chi connectivity index (χ1v) is 5.74. The quantitative estimate of drug-likeness (QED) is 0.717. The summed E-state index contributed by atoms with van der Waals surface area (Å²) in [5.74, 6) is -0.181. The predicted molar refractivity (Wildman–Crippen MR) is 62.3 cm³/mol. The van der Waals surface area contributed by atoms with Crippen molar-refractivity contribution in [2.24, 2.45) is 0 Å². The number of rotatable bonds is 5. The minimum Gasteiger partial charge on any atom is -0.468 e. The minimum atomic E-state index is -0.181. The average molecular weight is 227 g/mol. The van der Waals surface area contributed by atoms with Gasteiger partial charge in [-0.2, -0.15) is 0 Å². The molecule has 1 heterocycles. The van der Waals surface area contributed by atoms with Crippen molar-refractivity contribution >= 4 is 17.3 Å². The van der Waals surface area contributed by atoms with Gasteiger partial charge in [0.15, 0.2) is 0 Å². The maximum Gasteiger partial charge on any atom is 0.319 e. The summed E-state index contributed by atoms with van der Waals surface area (Å²) in [7, 11) is 3.34. The van der Waals surface area contributed by atoms with Crippen LogP contribution in [-0.2, 0) is 16.0 Å². The minimum absolute atomic E-state index is 0.181. The zero-order valence-corrected chi connectivity index (χ0v) is 10.3. The van der Waals surface area contributed by atoms with E-state index in [0.29, 0.717) is 6.54 Å². The number of hydrogen-bond donors (Lipinski definition) is 0. The Morgan fingerprint density at radius 1 is 1.53 bits per heavy atom. The third-order valence-corrected chi connectivity index (χ3v) is 3.22. The van der Waals surface area contributed by atoms with Crippen molar-refractivity contribution in [1.29, 1.82) is 0 Å². The number of methoxy groups -OCH3 is 1. The zero-order valence-electron chi connectivity index (χ0n) is 9.45. The van der Waals surface area contributed by atoms with E-state index in [1.807, 2.05) is 23.3 Å². The first-order chi connectivity index (χ1) is 7.11. The van der Waals surface area contributed by atoms with Crippen molar-refractivity contribution in [1.82, 2.24) is 4.90 Å². The van der Waals surface area contributed by atoms with E-state index in [1.54, 1.807) is 0 Å². The van der Waals surface area contributed by atoms with Gasteiger partial charge >= 0.3 is 5.97 Å². The molecule has 15 heavy (non-hydrogen) atoms. The molecular formula is C11H17NO2S. The Balaban J connectivity index is 2.28. The van der Waals surface area contributed by atoms with Gasteiger partial charge in [-0.3, -0.25) is 9.69 Å². The van der Waals surface area contributed by atoms with Crippen LogP contribution in [0.1, 0.15) is 9.75 Å². The number of ether oxygens (including phenoxy) is 1. The van der Waals surface area contributed by atoms with E-state index in [4.69, 9.17) is 0 Å². The van der Waals surface area contributed by atoms with Gasteiger partial charge in [0.25, 0.3) is 0 Å². The number of nitrogens with zero attached hydrogens (tertiary/aromatic N) is 1. The molecule has 0 aliphatic rings. The van der Waals surface area contributed by atoms with Gasteiger partial charge in [0.05, 0.1) is 13.7 Å². The summed E-state index contributed by atoms with van der Waals surface area (Å²) in [6, 6.07) is 4.27. The van der Waals surface area contributed by atoms with Gasteiger partial charge in [0, 0.05) is 16.3 Å². The van der Waals surface area contributed by atoms with Crippen LogP contribution in [-0.4, -0.2) is 38.1 Å². The molecule has 84 valence electrons. The molecule has 0 spiro atoms. The number of hydrogen-bond acceptors (Lipinski definition) is 4. The molecule has 3 nitrogen and oxygen atoms in total. The number of carbonyl (C=O) groups is 1. The van der Waals surface area contributed by atoms with Crippen LogP contribution in [0.25, 0.3) is 0 Å².